The van der Waals surface area contributed by atoms with Crippen molar-refractivity contribution in [3.05, 3.63) is 224 Å². The molecular formula is C58H37N3O. The monoisotopic (exact) mass is 791 g/mol. The lowest BCUT2D eigenvalue weighted by Gasteiger charge is -2.26. The van der Waals surface area contributed by atoms with Gasteiger partial charge < -0.3 is 9.32 Å². The van der Waals surface area contributed by atoms with Gasteiger partial charge in [-0.2, -0.15) is 0 Å². The molecule has 62 heavy (non-hydrogen) atoms. The minimum atomic E-state index is 0.835. The summed E-state index contributed by atoms with van der Waals surface area (Å²) < 4.78 is 6.89. The summed E-state index contributed by atoms with van der Waals surface area (Å²) in [5, 5.41) is 6.65. The summed E-state index contributed by atoms with van der Waals surface area (Å²) in [4.78, 5) is 13.1. The number of furan rings is 1. The van der Waals surface area contributed by atoms with Gasteiger partial charge in [-0.25, -0.2) is 9.97 Å². The highest BCUT2D eigenvalue weighted by atomic mass is 16.3. The molecule has 2 heterocycles. The molecule has 0 spiro atoms. The third kappa shape index (κ3) is 6.00. The van der Waals surface area contributed by atoms with Crippen LogP contribution in [-0.2, 0) is 0 Å². The van der Waals surface area contributed by atoms with E-state index in [0.717, 1.165) is 105 Å². The molecule has 4 nitrogen and oxygen atoms in total. The van der Waals surface area contributed by atoms with Gasteiger partial charge in [-0.1, -0.05) is 176 Å². The lowest BCUT2D eigenvalue weighted by Crippen LogP contribution is -2.10. The largest absolute Gasteiger partial charge is 0.454 e. The average molecular weight is 792 g/mol. The second-order valence-corrected chi connectivity index (χ2v) is 15.7. The zero-order chi connectivity index (χ0) is 41.0. The summed E-state index contributed by atoms with van der Waals surface area (Å²) in [6, 6.07) is 79.0. The van der Waals surface area contributed by atoms with Crippen LogP contribution in [0.4, 0.5) is 17.1 Å². The van der Waals surface area contributed by atoms with Crippen LogP contribution in [0.2, 0.25) is 0 Å². The van der Waals surface area contributed by atoms with Crippen molar-refractivity contribution in [2.24, 2.45) is 0 Å². The molecule has 0 amide bonds. The lowest BCUT2D eigenvalue weighted by molar-refractivity contribution is 0.669. The van der Waals surface area contributed by atoms with Crippen LogP contribution in [0.25, 0.3) is 99.3 Å². The number of hydrogen-bond donors (Lipinski definition) is 0. The third-order valence-corrected chi connectivity index (χ3v) is 12.0. The minimum Gasteiger partial charge on any atom is -0.454 e. The number of rotatable bonds is 7. The first-order chi connectivity index (χ1) is 30.7. The Bertz CT molecular complexity index is 3600. The molecular weight excluding hydrogens is 755 g/mol. The van der Waals surface area contributed by atoms with Gasteiger partial charge in [0.15, 0.2) is 5.58 Å². The fourth-order valence-electron chi connectivity index (χ4n) is 9.10. The molecule has 0 aliphatic carbocycles. The van der Waals surface area contributed by atoms with Crippen molar-refractivity contribution in [1.29, 1.82) is 0 Å². The molecule has 10 aromatic carbocycles. The van der Waals surface area contributed by atoms with Gasteiger partial charge in [0.05, 0.1) is 28.1 Å². The highest BCUT2D eigenvalue weighted by Gasteiger charge is 2.23. The van der Waals surface area contributed by atoms with E-state index in [9.17, 15) is 0 Å². The van der Waals surface area contributed by atoms with Gasteiger partial charge in [-0.3, -0.25) is 0 Å². The zero-order valence-corrected chi connectivity index (χ0v) is 33.6. The van der Waals surface area contributed by atoms with Crippen LogP contribution in [0.15, 0.2) is 229 Å². The molecule has 2 aromatic heterocycles. The number of benzene rings is 10. The summed E-state index contributed by atoms with van der Waals surface area (Å²) in [6.45, 7) is 0. The zero-order valence-electron chi connectivity index (χ0n) is 33.6. The van der Waals surface area contributed by atoms with Crippen LogP contribution in [0, 0.1) is 0 Å². The van der Waals surface area contributed by atoms with Gasteiger partial charge in [0, 0.05) is 38.7 Å². The Labute approximate surface area is 358 Å². The number of fused-ring (bicyclic) bond motifs is 8. The van der Waals surface area contributed by atoms with Crippen LogP contribution in [0.5, 0.6) is 0 Å². The van der Waals surface area contributed by atoms with Crippen molar-refractivity contribution >= 4 is 71.6 Å². The molecule has 12 aromatic rings. The molecule has 0 unspecified atom stereocenters. The van der Waals surface area contributed by atoms with E-state index in [-0.39, 0.29) is 0 Å². The van der Waals surface area contributed by atoms with E-state index in [1.54, 1.807) is 0 Å². The van der Waals surface area contributed by atoms with Crippen LogP contribution in [0.3, 0.4) is 0 Å². The Kier molecular flexibility index (Phi) is 8.46. The Hall–Kier alpha value is -8.34. The van der Waals surface area contributed by atoms with Crippen molar-refractivity contribution < 1.29 is 4.42 Å². The summed E-state index contributed by atoms with van der Waals surface area (Å²) >= 11 is 0. The fourth-order valence-corrected chi connectivity index (χ4v) is 9.10. The molecule has 0 fully saturated rings. The van der Waals surface area contributed by atoms with E-state index in [2.05, 4.69) is 211 Å². The van der Waals surface area contributed by atoms with Crippen LogP contribution < -0.4 is 4.90 Å². The molecule has 0 bridgehead atoms. The average Bonchev–Trinajstić information content (AvgIpc) is 3.75. The number of aromatic nitrogens is 2. The van der Waals surface area contributed by atoms with Crippen LogP contribution in [-0.4, -0.2) is 9.97 Å². The van der Waals surface area contributed by atoms with Crippen LogP contribution in [0.1, 0.15) is 0 Å². The molecule has 290 valence electrons. The molecule has 0 aliphatic rings. The predicted octanol–water partition coefficient (Wildman–Crippen LogP) is 16.0. The lowest BCUT2D eigenvalue weighted by atomic mass is 9.94. The molecule has 0 aliphatic heterocycles. The van der Waals surface area contributed by atoms with Gasteiger partial charge in [-0.05, 0) is 86.9 Å². The van der Waals surface area contributed by atoms with Crippen molar-refractivity contribution in [2.75, 3.05) is 4.90 Å². The highest BCUT2D eigenvalue weighted by Crippen LogP contribution is 2.47. The van der Waals surface area contributed by atoms with E-state index in [4.69, 9.17) is 14.4 Å². The predicted molar refractivity (Wildman–Crippen MR) is 258 cm³/mol. The molecule has 0 radical (unpaired) electrons. The number of para-hydroxylation sites is 2. The maximum Gasteiger partial charge on any atom is 0.160 e. The maximum atomic E-state index is 6.89. The standard InChI is InChI=1S/C58H37N3O/c1-5-15-38(16-6-1)39-27-31-46(32-28-39)61(45-21-11-4-12-22-45)51-36-34-48(54-49-23-13-14-24-52(49)62-58(51)54)44-29-33-47-43(37-44)26-25-40-30-35-50-57(53(40)47)60-56(42-19-9-3-10-20-42)55(59-50)41-17-7-2-8-18-41/h1-37H. The number of anilines is 3. The molecule has 0 atom stereocenters. The van der Waals surface area contributed by atoms with Crippen molar-refractivity contribution in [2.45, 2.75) is 0 Å². The number of nitrogens with zero attached hydrogens (tertiary/aromatic N) is 3. The summed E-state index contributed by atoms with van der Waals surface area (Å²) in [6.07, 6.45) is 0. The smallest absolute Gasteiger partial charge is 0.160 e. The molecule has 12 rings (SSSR count). The first-order valence-electron chi connectivity index (χ1n) is 21.0. The Morgan fingerprint density at radius 3 is 1.66 bits per heavy atom. The Morgan fingerprint density at radius 2 is 0.935 bits per heavy atom. The molecule has 0 saturated heterocycles. The summed E-state index contributed by atoms with van der Waals surface area (Å²) in [5.74, 6) is 0. The second kappa shape index (κ2) is 14.7. The van der Waals surface area contributed by atoms with E-state index >= 15 is 0 Å². The van der Waals surface area contributed by atoms with Gasteiger partial charge >= 0.3 is 0 Å². The fraction of sp³-hybridized carbons (Fsp3) is 0. The van der Waals surface area contributed by atoms with Gasteiger partial charge in [-0.15, -0.1) is 0 Å². The van der Waals surface area contributed by atoms with E-state index in [0.29, 0.717) is 0 Å². The Balaban J connectivity index is 1.04. The molecule has 0 N–H and O–H groups in total. The summed E-state index contributed by atoms with van der Waals surface area (Å²) in [7, 11) is 0. The van der Waals surface area contributed by atoms with E-state index in [1.165, 1.54) is 11.1 Å². The quantitative estimate of drug-likeness (QED) is 0.151. The first-order valence-corrected chi connectivity index (χ1v) is 21.0. The molecule has 4 heteroatoms. The van der Waals surface area contributed by atoms with E-state index < -0.39 is 0 Å². The van der Waals surface area contributed by atoms with Crippen molar-refractivity contribution in [1.82, 2.24) is 9.97 Å². The van der Waals surface area contributed by atoms with Crippen LogP contribution >= 0.6 is 0 Å². The molecule has 0 saturated carbocycles. The van der Waals surface area contributed by atoms with Crippen molar-refractivity contribution in [3.63, 3.8) is 0 Å². The minimum absolute atomic E-state index is 0.835. The van der Waals surface area contributed by atoms with E-state index in [1.807, 2.05) is 18.2 Å². The third-order valence-electron chi connectivity index (χ3n) is 12.0. The first kappa shape index (κ1) is 35.6. The highest BCUT2D eigenvalue weighted by molar-refractivity contribution is 6.21. The van der Waals surface area contributed by atoms with Crippen molar-refractivity contribution in [3.8, 4) is 44.8 Å². The topological polar surface area (TPSA) is 42.2 Å². The second-order valence-electron chi connectivity index (χ2n) is 15.7. The Morgan fingerprint density at radius 1 is 0.371 bits per heavy atom. The van der Waals surface area contributed by atoms with Gasteiger partial charge in [0.2, 0.25) is 0 Å². The normalized spacial score (nSPS) is 11.5. The van der Waals surface area contributed by atoms with Gasteiger partial charge in [0.25, 0.3) is 0 Å². The maximum absolute atomic E-state index is 6.89. The van der Waals surface area contributed by atoms with Gasteiger partial charge in [0.1, 0.15) is 5.58 Å². The SMILES string of the molecule is c1ccc(-c2ccc(N(c3ccccc3)c3ccc(-c4ccc5c(ccc6ccc7nc(-c8ccccc8)c(-c8ccccc8)nc7c65)c4)c4c3oc3ccccc34)cc2)cc1. The summed E-state index contributed by atoms with van der Waals surface area (Å²) in [5.41, 5.74) is 14.9. The number of hydrogen-bond acceptors (Lipinski definition) is 4.